The number of carbonyl (C=O) groups excluding carboxylic acids is 1. The van der Waals surface area contributed by atoms with Crippen LogP contribution in [0.5, 0.6) is 0 Å². The number of rotatable bonds is 8. The molecule has 0 spiro atoms. The molecule has 1 heterocycles. The second kappa shape index (κ2) is 7.81. The minimum Gasteiger partial charge on any atom is -0.384 e. The molecule has 1 aromatic heterocycles. The number of nitrogens with one attached hydrogen (secondary N) is 3. The summed E-state index contributed by atoms with van der Waals surface area (Å²) in [5.41, 5.74) is 1.16. The van der Waals surface area contributed by atoms with Crippen LogP contribution in [0.4, 0.5) is 5.69 Å². The van der Waals surface area contributed by atoms with Gasteiger partial charge >= 0.3 is 0 Å². The highest BCUT2D eigenvalue weighted by atomic mass is 32.2. The van der Waals surface area contributed by atoms with Crippen molar-refractivity contribution < 1.29 is 13.2 Å². The predicted molar refractivity (Wildman–Crippen MR) is 78.2 cm³/mol. The van der Waals surface area contributed by atoms with Gasteiger partial charge in [-0.05, 0) is 12.5 Å². The summed E-state index contributed by atoms with van der Waals surface area (Å²) in [6.07, 6.45) is 5.11. The Bertz CT molecular complexity index is 545. The van der Waals surface area contributed by atoms with E-state index in [2.05, 4.69) is 20.3 Å². The van der Waals surface area contributed by atoms with Crippen LogP contribution >= 0.6 is 0 Å². The van der Waals surface area contributed by atoms with Crippen LogP contribution in [0.2, 0.25) is 0 Å². The van der Waals surface area contributed by atoms with E-state index >= 15 is 0 Å². The predicted octanol–water partition coefficient (Wildman–Crippen LogP) is 0.183. The van der Waals surface area contributed by atoms with Crippen LogP contribution < -0.4 is 15.4 Å². The molecule has 0 aliphatic heterocycles. The zero-order valence-electron chi connectivity index (χ0n) is 11.6. The fraction of sp³-hybridized carbons (Fsp3) is 0.500. The number of nitrogens with zero attached hydrogens (tertiary/aromatic N) is 1. The highest BCUT2D eigenvalue weighted by molar-refractivity contribution is 7.88. The summed E-state index contributed by atoms with van der Waals surface area (Å²) in [6, 6.07) is 1.74. The second-order valence-corrected chi connectivity index (χ2v) is 6.10. The van der Waals surface area contributed by atoms with Gasteiger partial charge in [-0.3, -0.25) is 9.78 Å². The standard InChI is InChI=1S/C12H20N4O3S/c1-3-5-14-11-4-6-13-9-10(11)12(17)15-7-8-16-20(2,18)19/h4,6,9,16H,3,5,7-8H2,1-2H3,(H,13,14)(H,15,17). The average Bonchev–Trinajstić information content (AvgIpc) is 2.40. The molecule has 0 unspecified atom stereocenters. The van der Waals surface area contributed by atoms with Crippen LogP contribution in [-0.2, 0) is 10.0 Å². The zero-order chi connectivity index (χ0) is 15.0. The van der Waals surface area contributed by atoms with Crippen molar-refractivity contribution in [2.75, 3.05) is 31.2 Å². The van der Waals surface area contributed by atoms with Crippen LogP contribution in [0, 0.1) is 0 Å². The molecule has 0 saturated carbocycles. The van der Waals surface area contributed by atoms with E-state index in [0.717, 1.165) is 24.9 Å². The molecule has 0 fully saturated rings. The van der Waals surface area contributed by atoms with E-state index in [1.807, 2.05) is 6.92 Å². The maximum Gasteiger partial charge on any atom is 0.254 e. The Labute approximate surface area is 119 Å². The van der Waals surface area contributed by atoms with Crippen molar-refractivity contribution in [1.82, 2.24) is 15.0 Å². The zero-order valence-corrected chi connectivity index (χ0v) is 12.5. The maximum atomic E-state index is 12.0. The number of aromatic nitrogens is 1. The molecule has 0 saturated heterocycles. The molecule has 20 heavy (non-hydrogen) atoms. The van der Waals surface area contributed by atoms with E-state index in [4.69, 9.17) is 0 Å². The third kappa shape index (κ3) is 5.98. The number of anilines is 1. The highest BCUT2D eigenvalue weighted by Gasteiger charge is 2.10. The van der Waals surface area contributed by atoms with Gasteiger partial charge in [0.25, 0.3) is 5.91 Å². The van der Waals surface area contributed by atoms with E-state index in [9.17, 15) is 13.2 Å². The topological polar surface area (TPSA) is 100 Å². The number of carbonyl (C=O) groups is 1. The largest absolute Gasteiger partial charge is 0.384 e. The minimum atomic E-state index is -3.23. The molecular formula is C12H20N4O3S. The van der Waals surface area contributed by atoms with Crippen molar-refractivity contribution in [3.63, 3.8) is 0 Å². The van der Waals surface area contributed by atoms with Gasteiger partial charge in [-0.1, -0.05) is 6.92 Å². The van der Waals surface area contributed by atoms with E-state index in [1.54, 1.807) is 12.3 Å². The minimum absolute atomic E-state index is 0.155. The SMILES string of the molecule is CCCNc1ccncc1C(=O)NCCNS(C)(=O)=O. The highest BCUT2D eigenvalue weighted by Crippen LogP contribution is 2.13. The molecule has 3 N–H and O–H groups in total. The second-order valence-electron chi connectivity index (χ2n) is 4.27. The third-order valence-electron chi connectivity index (χ3n) is 2.41. The maximum absolute atomic E-state index is 12.0. The van der Waals surface area contributed by atoms with Crippen LogP contribution in [-0.4, -0.2) is 45.2 Å². The van der Waals surface area contributed by atoms with Crippen LogP contribution in [0.1, 0.15) is 23.7 Å². The fourth-order valence-electron chi connectivity index (χ4n) is 1.50. The van der Waals surface area contributed by atoms with E-state index in [-0.39, 0.29) is 19.0 Å². The summed E-state index contributed by atoms with van der Waals surface area (Å²) >= 11 is 0. The number of amides is 1. The Balaban J connectivity index is 2.54. The molecule has 0 radical (unpaired) electrons. The lowest BCUT2D eigenvalue weighted by atomic mass is 10.2. The molecule has 0 aliphatic rings. The van der Waals surface area contributed by atoms with Gasteiger partial charge in [0.05, 0.1) is 17.5 Å². The molecular weight excluding hydrogens is 280 g/mol. The van der Waals surface area contributed by atoms with Gasteiger partial charge in [0.1, 0.15) is 0 Å². The summed E-state index contributed by atoms with van der Waals surface area (Å²) in [7, 11) is -3.23. The summed E-state index contributed by atoms with van der Waals surface area (Å²) < 4.78 is 24.1. The number of hydrogen-bond donors (Lipinski definition) is 3. The van der Waals surface area contributed by atoms with Crippen molar-refractivity contribution >= 4 is 21.6 Å². The lowest BCUT2D eigenvalue weighted by Gasteiger charge is -2.11. The van der Waals surface area contributed by atoms with Crippen LogP contribution in [0.15, 0.2) is 18.5 Å². The first-order valence-electron chi connectivity index (χ1n) is 6.34. The Morgan fingerprint density at radius 3 is 2.70 bits per heavy atom. The Morgan fingerprint density at radius 2 is 2.05 bits per heavy atom. The molecule has 112 valence electrons. The van der Waals surface area contributed by atoms with E-state index < -0.39 is 10.0 Å². The monoisotopic (exact) mass is 300 g/mol. The molecule has 0 atom stereocenters. The Kier molecular flexibility index (Phi) is 6.40. The van der Waals surface area contributed by atoms with Crippen molar-refractivity contribution in [2.24, 2.45) is 0 Å². The van der Waals surface area contributed by atoms with E-state index in [1.165, 1.54) is 6.20 Å². The third-order valence-corrected chi connectivity index (χ3v) is 3.13. The normalized spacial score (nSPS) is 11.1. The van der Waals surface area contributed by atoms with Crippen molar-refractivity contribution in [3.05, 3.63) is 24.0 Å². The van der Waals surface area contributed by atoms with Crippen LogP contribution in [0.3, 0.4) is 0 Å². The van der Waals surface area contributed by atoms with Crippen molar-refractivity contribution in [3.8, 4) is 0 Å². The molecule has 8 heteroatoms. The summed E-state index contributed by atoms with van der Waals surface area (Å²) in [5, 5.41) is 5.79. The molecule has 0 aromatic carbocycles. The summed E-state index contributed by atoms with van der Waals surface area (Å²) in [5.74, 6) is -0.285. The molecule has 0 bridgehead atoms. The van der Waals surface area contributed by atoms with Gasteiger partial charge in [-0.25, -0.2) is 13.1 Å². The van der Waals surface area contributed by atoms with Crippen LogP contribution in [0.25, 0.3) is 0 Å². The first-order chi connectivity index (χ1) is 9.44. The number of sulfonamides is 1. The lowest BCUT2D eigenvalue weighted by molar-refractivity contribution is 0.0954. The van der Waals surface area contributed by atoms with E-state index in [0.29, 0.717) is 5.56 Å². The molecule has 7 nitrogen and oxygen atoms in total. The van der Waals surface area contributed by atoms with Crippen molar-refractivity contribution in [2.45, 2.75) is 13.3 Å². The molecule has 0 aliphatic carbocycles. The Morgan fingerprint density at radius 1 is 1.30 bits per heavy atom. The van der Waals surface area contributed by atoms with Gasteiger partial charge in [-0.2, -0.15) is 0 Å². The average molecular weight is 300 g/mol. The Hall–Kier alpha value is -1.67. The number of hydrogen-bond acceptors (Lipinski definition) is 5. The van der Waals surface area contributed by atoms with Gasteiger partial charge in [0, 0.05) is 32.0 Å². The summed E-state index contributed by atoms with van der Waals surface area (Å²) in [6.45, 7) is 3.17. The van der Waals surface area contributed by atoms with Gasteiger partial charge < -0.3 is 10.6 Å². The van der Waals surface area contributed by atoms with Crippen molar-refractivity contribution in [1.29, 1.82) is 0 Å². The number of pyridine rings is 1. The smallest absolute Gasteiger partial charge is 0.254 e. The molecule has 1 rings (SSSR count). The van der Waals surface area contributed by atoms with Gasteiger partial charge in [0.15, 0.2) is 0 Å². The molecule has 1 amide bonds. The fourth-order valence-corrected chi connectivity index (χ4v) is 1.97. The lowest BCUT2D eigenvalue weighted by Crippen LogP contribution is -2.34. The first-order valence-corrected chi connectivity index (χ1v) is 8.24. The molecule has 1 aromatic rings. The quantitative estimate of drug-likeness (QED) is 0.595. The first kappa shape index (κ1) is 16.4. The van der Waals surface area contributed by atoms with Gasteiger partial charge in [-0.15, -0.1) is 0 Å². The summed E-state index contributed by atoms with van der Waals surface area (Å²) in [4.78, 5) is 15.9. The van der Waals surface area contributed by atoms with Gasteiger partial charge in [0.2, 0.25) is 10.0 Å².